The van der Waals surface area contributed by atoms with Gasteiger partial charge in [-0.25, -0.2) is 4.79 Å². The number of hydrogen-bond donors (Lipinski definition) is 0. The first-order chi connectivity index (χ1) is 10.8. The molecule has 0 spiro atoms. The van der Waals surface area contributed by atoms with Gasteiger partial charge in [0.2, 0.25) is 0 Å². The Bertz CT molecular complexity index is 685. The fourth-order valence-electron chi connectivity index (χ4n) is 2.01. The van der Waals surface area contributed by atoms with E-state index in [1.807, 2.05) is 51.1 Å². The zero-order valence-corrected chi connectivity index (χ0v) is 15.4. The van der Waals surface area contributed by atoms with Crippen LogP contribution < -0.4 is 4.74 Å². The summed E-state index contributed by atoms with van der Waals surface area (Å²) < 4.78 is 11.5. The Hall–Kier alpha value is -1.81. The number of methoxy groups -OCH3 is 1. The number of rotatable bonds is 4. The van der Waals surface area contributed by atoms with E-state index in [9.17, 15) is 4.79 Å². The Kier molecular flexibility index (Phi) is 5.47. The smallest absolute Gasteiger partial charge is 0.338 e. The van der Waals surface area contributed by atoms with E-state index in [4.69, 9.17) is 9.47 Å². The third-order valence-corrected chi connectivity index (χ3v) is 3.86. The molecule has 0 bridgehead atoms. The van der Waals surface area contributed by atoms with Gasteiger partial charge in [-0.1, -0.05) is 39.0 Å². The standard InChI is InChI=1S/C19H21BrO3/c1-19(2,3)12-23-18(21)14-7-5-13(6-8-14)15-9-10-17(22-4)16(20)11-15/h5-11H,12H2,1-4H3. The van der Waals surface area contributed by atoms with E-state index in [-0.39, 0.29) is 11.4 Å². The van der Waals surface area contributed by atoms with Gasteiger partial charge in [-0.05, 0) is 56.7 Å². The second-order valence-corrected chi connectivity index (χ2v) is 7.42. The second-order valence-electron chi connectivity index (χ2n) is 6.56. The lowest BCUT2D eigenvalue weighted by Crippen LogP contribution is -2.18. The van der Waals surface area contributed by atoms with Crippen LogP contribution in [0.3, 0.4) is 0 Å². The first-order valence-electron chi connectivity index (χ1n) is 7.41. The van der Waals surface area contributed by atoms with Crippen molar-refractivity contribution in [2.75, 3.05) is 13.7 Å². The van der Waals surface area contributed by atoms with Crippen LogP contribution in [0.15, 0.2) is 46.9 Å². The summed E-state index contributed by atoms with van der Waals surface area (Å²) in [6.07, 6.45) is 0. The van der Waals surface area contributed by atoms with Crippen molar-refractivity contribution in [3.05, 3.63) is 52.5 Å². The maximum Gasteiger partial charge on any atom is 0.338 e. The lowest BCUT2D eigenvalue weighted by atomic mass is 9.98. The predicted octanol–water partition coefficient (Wildman–Crippen LogP) is 5.33. The van der Waals surface area contributed by atoms with Gasteiger partial charge < -0.3 is 9.47 Å². The van der Waals surface area contributed by atoms with Crippen LogP contribution in [0.25, 0.3) is 11.1 Å². The van der Waals surface area contributed by atoms with E-state index in [1.165, 1.54) is 0 Å². The van der Waals surface area contributed by atoms with E-state index in [1.54, 1.807) is 19.2 Å². The molecule has 0 atom stereocenters. The number of ether oxygens (including phenoxy) is 2. The van der Waals surface area contributed by atoms with Crippen LogP contribution >= 0.6 is 15.9 Å². The lowest BCUT2D eigenvalue weighted by molar-refractivity contribution is 0.0367. The molecule has 2 rings (SSSR count). The molecule has 0 N–H and O–H groups in total. The van der Waals surface area contributed by atoms with Gasteiger partial charge in [-0.2, -0.15) is 0 Å². The first kappa shape index (κ1) is 17.5. The van der Waals surface area contributed by atoms with Gasteiger partial charge in [0, 0.05) is 0 Å². The highest BCUT2D eigenvalue weighted by atomic mass is 79.9. The maximum absolute atomic E-state index is 12.0. The summed E-state index contributed by atoms with van der Waals surface area (Å²) >= 11 is 3.48. The zero-order valence-electron chi connectivity index (χ0n) is 13.9. The molecule has 3 nitrogen and oxygen atoms in total. The number of esters is 1. The third-order valence-electron chi connectivity index (χ3n) is 3.24. The summed E-state index contributed by atoms with van der Waals surface area (Å²) in [7, 11) is 1.64. The fraction of sp³-hybridized carbons (Fsp3) is 0.316. The average molecular weight is 377 g/mol. The van der Waals surface area contributed by atoms with Crippen LogP contribution in [0.4, 0.5) is 0 Å². The highest BCUT2D eigenvalue weighted by Gasteiger charge is 2.15. The van der Waals surface area contributed by atoms with Crippen molar-refractivity contribution < 1.29 is 14.3 Å². The molecule has 0 unspecified atom stereocenters. The Morgan fingerprint density at radius 2 is 1.65 bits per heavy atom. The highest BCUT2D eigenvalue weighted by Crippen LogP contribution is 2.30. The molecule has 0 heterocycles. The monoisotopic (exact) mass is 376 g/mol. The zero-order chi connectivity index (χ0) is 17.0. The third kappa shape index (κ3) is 4.83. The summed E-state index contributed by atoms with van der Waals surface area (Å²) in [6, 6.07) is 13.3. The van der Waals surface area contributed by atoms with Gasteiger partial charge >= 0.3 is 5.97 Å². The molecule has 23 heavy (non-hydrogen) atoms. The van der Waals surface area contributed by atoms with E-state index in [2.05, 4.69) is 15.9 Å². The van der Waals surface area contributed by atoms with Crippen molar-refractivity contribution in [3.8, 4) is 16.9 Å². The number of carbonyl (C=O) groups is 1. The van der Waals surface area contributed by atoms with Crippen molar-refractivity contribution >= 4 is 21.9 Å². The maximum atomic E-state index is 12.0. The summed E-state index contributed by atoms with van der Waals surface area (Å²) in [5.74, 6) is 0.499. The molecular weight excluding hydrogens is 356 g/mol. The van der Waals surface area contributed by atoms with Crippen LogP contribution in [0.2, 0.25) is 0 Å². The Balaban J connectivity index is 2.13. The molecule has 2 aromatic carbocycles. The van der Waals surface area contributed by atoms with Gasteiger partial charge in [-0.15, -0.1) is 0 Å². The molecule has 0 aliphatic carbocycles. The van der Waals surface area contributed by atoms with Gasteiger partial charge in [0.25, 0.3) is 0 Å². The van der Waals surface area contributed by atoms with Crippen molar-refractivity contribution in [1.82, 2.24) is 0 Å². The predicted molar refractivity (Wildman–Crippen MR) is 95.9 cm³/mol. The fourth-order valence-corrected chi connectivity index (χ4v) is 2.55. The topological polar surface area (TPSA) is 35.5 Å². The van der Waals surface area contributed by atoms with Gasteiger partial charge in [0.1, 0.15) is 5.75 Å². The molecule has 0 aromatic heterocycles. The molecule has 0 fully saturated rings. The van der Waals surface area contributed by atoms with Crippen LogP contribution in [0.1, 0.15) is 31.1 Å². The molecule has 122 valence electrons. The van der Waals surface area contributed by atoms with E-state index in [0.717, 1.165) is 21.3 Å². The summed E-state index contributed by atoms with van der Waals surface area (Å²) in [5.41, 5.74) is 2.60. The SMILES string of the molecule is COc1ccc(-c2ccc(C(=O)OCC(C)(C)C)cc2)cc1Br. The Morgan fingerprint density at radius 1 is 1.04 bits per heavy atom. The van der Waals surface area contributed by atoms with Crippen molar-refractivity contribution in [3.63, 3.8) is 0 Å². The first-order valence-corrected chi connectivity index (χ1v) is 8.20. The summed E-state index contributed by atoms with van der Waals surface area (Å²) in [4.78, 5) is 12.0. The largest absolute Gasteiger partial charge is 0.496 e. The minimum Gasteiger partial charge on any atom is -0.496 e. The van der Waals surface area contributed by atoms with Crippen molar-refractivity contribution in [2.24, 2.45) is 5.41 Å². The Morgan fingerprint density at radius 3 is 2.17 bits per heavy atom. The Labute approximate surface area is 145 Å². The molecular formula is C19H21BrO3. The number of halogens is 1. The van der Waals surface area contributed by atoms with Gasteiger partial charge in [0.15, 0.2) is 0 Å². The van der Waals surface area contributed by atoms with E-state index >= 15 is 0 Å². The molecule has 2 aromatic rings. The van der Waals surface area contributed by atoms with E-state index < -0.39 is 0 Å². The molecule has 0 saturated heterocycles. The van der Waals surface area contributed by atoms with Crippen molar-refractivity contribution in [1.29, 1.82) is 0 Å². The quantitative estimate of drug-likeness (QED) is 0.676. The molecule has 0 amide bonds. The van der Waals surface area contributed by atoms with Crippen molar-refractivity contribution in [2.45, 2.75) is 20.8 Å². The minimum absolute atomic E-state index is 0.0367. The number of benzene rings is 2. The van der Waals surface area contributed by atoms with Crippen LogP contribution in [-0.4, -0.2) is 19.7 Å². The van der Waals surface area contributed by atoms with Gasteiger partial charge in [-0.3, -0.25) is 0 Å². The number of carbonyl (C=O) groups excluding carboxylic acids is 1. The van der Waals surface area contributed by atoms with Gasteiger partial charge in [0.05, 0.1) is 23.8 Å². The molecule has 0 aliphatic heterocycles. The van der Waals surface area contributed by atoms with Crippen LogP contribution in [0.5, 0.6) is 5.75 Å². The normalized spacial score (nSPS) is 11.2. The average Bonchev–Trinajstić information content (AvgIpc) is 2.52. The summed E-state index contributed by atoms with van der Waals surface area (Å²) in [5, 5.41) is 0. The minimum atomic E-state index is -0.289. The number of hydrogen-bond acceptors (Lipinski definition) is 3. The second kappa shape index (κ2) is 7.18. The molecule has 0 aliphatic rings. The van der Waals surface area contributed by atoms with Crippen LogP contribution in [0, 0.1) is 5.41 Å². The van der Waals surface area contributed by atoms with E-state index in [0.29, 0.717) is 12.2 Å². The van der Waals surface area contributed by atoms with Crippen LogP contribution in [-0.2, 0) is 4.74 Å². The molecule has 0 saturated carbocycles. The summed E-state index contributed by atoms with van der Waals surface area (Å²) in [6.45, 7) is 6.50. The molecule has 0 radical (unpaired) electrons. The lowest BCUT2D eigenvalue weighted by Gasteiger charge is -2.17. The molecule has 4 heteroatoms. The highest BCUT2D eigenvalue weighted by molar-refractivity contribution is 9.10.